The minimum absolute atomic E-state index is 0.232. The van der Waals surface area contributed by atoms with Gasteiger partial charge in [-0.2, -0.15) is 0 Å². The highest BCUT2D eigenvalue weighted by atomic mass is 79.9. The Morgan fingerprint density at radius 2 is 2.06 bits per heavy atom. The van der Waals surface area contributed by atoms with Crippen LogP contribution in [0.15, 0.2) is 0 Å². The summed E-state index contributed by atoms with van der Waals surface area (Å²) in [6, 6.07) is 0.282. The van der Waals surface area contributed by atoms with Crippen molar-refractivity contribution in [3.63, 3.8) is 0 Å². The molecule has 0 radical (unpaired) electrons. The van der Waals surface area contributed by atoms with Gasteiger partial charge < -0.3 is 9.33 Å². The number of rotatable bonds is 5. The van der Waals surface area contributed by atoms with E-state index in [-0.39, 0.29) is 17.0 Å². The molecule has 1 rings (SSSR count). The first kappa shape index (κ1) is 16.2. The third-order valence-corrected chi connectivity index (χ3v) is 9.08. The Bertz CT molecular complexity index is 302. The standard InChI is InChI=1S/C13H26BrNO2Si/c1-13(2,3)18(4,5)17-10-11-6-7-12(16)15(11)9-8-14/h11H,6-10H2,1-5H3. The van der Waals surface area contributed by atoms with Crippen LogP contribution in [0.5, 0.6) is 0 Å². The van der Waals surface area contributed by atoms with Gasteiger partial charge in [-0.25, -0.2) is 0 Å². The quantitative estimate of drug-likeness (QED) is 0.569. The third-order valence-electron chi connectivity index (χ3n) is 4.22. The predicted molar refractivity (Wildman–Crippen MR) is 81.7 cm³/mol. The zero-order valence-electron chi connectivity index (χ0n) is 12.3. The Balaban J connectivity index is 2.55. The molecule has 1 amide bonds. The fourth-order valence-electron chi connectivity index (χ4n) is 1.89. The topological polar surface area (TPSA) is 29.5 Å². The molecule has 3 nitrogen and oxygen atoms in total. The molecule has 0 saturated carbocycles. The van der Waals surface area contributed by atoms with Crippen molar-refractivity contribution in [2.75, 3.05) is 18.5 Å². The first-order chi connectivity index (χ1) is 8.19. The molecule has 1 aliphatic rings. The maximum atomic E-state index is 11.8. The van der Waals surface area contributed by atoms with Crippen molar-refractivity contribution in [2.24, 2.45) is 0 Å². The molecule has 0 aliphatic carbocycles. The number of carbonyl (C=O) groups is 1. The average Bonchev–Trinajstić information content (AvgIpc) is 2.57. The molecule has 0 bridgehead atoms. The number of nitrogens with zero attached hydrogens (tertiary/aromatic N) is 1. The lowest BCUT2D eigenvalue weighted by Crippen LogP contribution is -2.45. The average molecular weight is 336 g/mol. The van der Waals surface area contributed by atoms with Crippen LogP contribution in [-0.4, -0.2) is 43.6 Å². The maximum absolute atomic E-state index is 11.8. The lowest BCUT2D eigenvalue weighted by molar-refractivity contribution is -0.129. The van der Waals surface area contributed by atoms with Crippen LogP contribution in [0.2, 0.25) is 18.1 Å². The summed E-state index contributed by atoms with van der Waals surface area (Å²) >= 11 is 3.41. The second-order valence-electron chi connectivity index (χ2n) is 6.54. The van der Waals surface area contributed by atoms with Crippen LogP contribution in [0.25, 0.3) is 0 Å². The minimum Gasteiger partial charge on any atom is -0.415 e. The predicted octanol–water partition coefficient (Wildman–Crippen LogP) is 3.39. The smallest absolute Gasteiger partial charge is 0.223 e. The molecule has 0 N–H and O–H groups in total. The summed E-state index contributed by atoms with van der Waals surface area (Å²) in [6.07, 6.45) is 1.62. The van der Waals surface area contributed by atoms with Gasteiger partial charge in [0.15, 0.2) is 8.32 Å². The Morgan fingerprint density at radius 3 is 2.56 bits per heavy atom. The molecule has 1 fully saturated rings. The van der Waals surface area contributed by atoms with Crippen molar-refractivity contribution in [1.29, 1.82) is 0 Å². The molecule has 0 aromatic rings. The summed E-state index contributed by atoms with van der Waals surface area (Å²) in [5.41, 5.74) is 0. The van der Waals surface area contributed by atoms with Crippen LogP contribution in [0.1, 0.15) is 33.6 Å². The van der Waals surface area contributed by atoms with Crippen LogP contribution >= 0.6 is 15.9 Å². The molecule has 0 aromatic heterocycles. The van der Waals surface area contributed by atoms with E-state index in [9.17, 15) is 4.79 Å². The van der Waals surface area contributed by atoms with E-state index in [1.165, 1.54) is 0 Å². The van der Waals surface area contributed by atoms with Gasteiger partial charge in [-0.05, 0) is 24.6 Å². The Hall–Kier alpha value is 0.127. The summed E-state index contributed by atoms with van der Waals surface area (Å²) in [4.78, 5) is 13.7. The van der Waals surface area contributed by atoms with E-state index < -0.39 is 8.32 Å². The van der Waals surface area contributed by atoms with Crippen molar-refractivity contribution < 1.29 is 9.22 Å². The monoisotopic (exact) mass is 335 g/mol. The summed E-state index contributed by atoms with van der Waals surface area (Å²) in [6.45, 7) is 12.8. The van der Waals surface area contributed by atoms with E-state index in [0.29, 0.717) is 13.0 Å². The SMILES string of the molecule is CC(C)(C)[Si](C)(C)OCC1CCC(=O)N1CCBr. The van der Waals surface area contributed by atoms with Gasteiger partial charge in [-0.1, -0.05) is 36.7 Å². The van der Waals surface area contributed by atoms with E-state index in [0.717, 1.165) is 18.3 Å². The van der Waals surface area contributed by atoms with Gasteiger partial charge in [0.1, 0.15) is 0 Å². The summed E-state index contributed by atoms with van der Waals surface area (Å²) in [7, 11) is -1.70. The van der Waals surface area contributed by atoms with Gasteiger partial charge in [0.05, 0.1) is 12.6 Å². The molecule has 1 aliphatic heterocycles. The normalized spacial score (nSPS) is 21.8. The van der Waals surface area contributed by atoms with Gasteiger partial charge in [0, 0.05) is 18.3 Å². The molecule has 0 aromatic carbocycles. The number of hydrogen-bond acceptors (Lipinski definition) is 2. The highest BCUT2D eigenvalue weighted by molar-refractivity contribution is 9.09. The molecule has 18 heavy (non-hydrogen) atoms. The first-order valence-electron chi connectivity index (χ1n) is 6.68. The molecule has 1 unspecified atom stereocenters. The second-order valence-corrected chi connectivity index (χ2v) is 12.1. The van der Waals surface area contributed by atoms with Crippen molar-refractivity contribution in [3.05, 3.63) is 0 Å². The first-order valence-corrected chi connectivity index (χ1v) is 10.7. The van der Waals surface area contributed by atoms with Crippen LogP contribution in [0, 0.1) is 0 Å². The van der Waals surface area contributed by atoms with Crippen LogP contribution in [0.3, 0.4) is 0 Å². The molecule has 1 heterocycles. The van der Waals surface area contributed by atoms with Crippen molar-refractivity contribution in [3.8, 4) is 0 Å². The Morgan fingerprint density at radius 1 is 1.44 bits per heavy atom. The van der Waals surface area contributed by atoms with E-state index in [1.807, 2.05) is 4.90 Å². The van der Waals surface area contributed by atoms with Crippen LogP contribution in [-0.2, 0) is 9.22 Å². The molecular formula is C13H26BrNO2Si. The summed E-state index contributed by atoms with van der Waals surface area (Å²) < 4.78 is 6.23. The number of likely N-dealkylation sites (tertiary alicyclic amines) is 1. The van der Waals surface area contributed by atoms with E-state index in [1.54, 1.807) is 0 Å². The van der Waals surface area contributed by atoms with Gasteiger partial charge in [0.25, 0.3) is 0 Å². The fourth-order valence-corrected chi connectivity index (χ4v) is 3.31. The van der Waals surface area contributed by atoms with Crippen molar-refractivity contribution in [2.45, 2.75) is 57.8 Å². The number of halogens is 1. The Labute approximate surface area is 121 Å². The highest BCUT2D eigenvalue weighted by Crippen LogP contribution is 2.37. The van der Waals surface area contributed by atoms with Gasteiger partial charge >= 0.3 is 0 Å². The second kappa shape index (κ2) is 6.05. The van der Waals surface area contributed by atoms with Gasteiger partial charge in [-0.3, -0.25) is 4.79 Å². The van der Waals surface area contributed by atoms with Crippen LogP contribution in [0.4, 0.5) is 0 Å². The van der Waals surface area contributed by atoms with Gasteiger partial charge in [0.2, 0.25) is 5.91 Å². The zero-order chi connectivity index (χ0) is 14.0. The largest absolute Gasteiger partial charge is 0.415 e. The lowest BCUT2D eigenvalue weighted by Gasteiger charge is -2.38. The molecule has 1 atom stereocenters. The lowest BCUT2D eigenvalue weighted by atomic mass is 10.2. The maximum Gasteiger partial charge on any atom is 0.223 e. The van der Waals surface area contributed by atoms with Crippen LogP contribution < -0.4 is 0 Å². The molecule has 0 spiro atoms. The van der Waals surface area contributed by atoms with E-state index >= 15 is 0 Å². The molecular weight excluding hydrogens is 310 g/mol. The number of amides is 1. The highest BCUT2D eigenvalue weighted by Gasteiger charge is 2.39. The fraction of sp³-hybridized carbons (Fsp3) is 0.923. The molecule has 1 saturated heterocycles. The third kappa shape index (κ3) is 3.81. The molecule has 106 valence electrons. The Kier molecular flexibility index (Phi) is 5.44. The minimum atomic E-state index is -1.70. The zero-order valence-corrected chi connectivity index (χ0v) is 14.8. The van der Waals surface area contributed by atoms with Gasteiger partial charge in [-0.15, -0.1) is 0 Å². The summed E-state index contributed by atoms with van der Waals surface area (Å²) in [5, 5.41) is 1.07. The van der Waals surface area contributed by atoms with E-state index in [2.05, 4.69) is 49.8 Å². The van der Waals surface area contributed by atoms with Crippen molar-refractivity contribution in [1.82, 2.24) is 4.90 Å². The molecule has 5 heteroatoms. The number of alkyl halides is 1. The number of carbonyl (C=O) groups excluding carboxylic acids is 1. The van der Waals surface area contributed by atoms with E-state index in [4.69, 9.17) is 4.43 Å². The number of hydrogen-bond donors (Lipinski definition) is 0. The summed E-state index contributed by atoms with van der Waals surface area (Å²) in [5.74, 6) is 0.276. The van der Waals surface area contributed by atoms with Crippen molar-refractivity contribution >= 4 is 30.2 Å².